The number of amides is 2. The molecule has 2 amide bonds. The van der Waals surface area contributed by atoms with Crippen LogP contribution in [-0.4, -0.2) is 34.2 Å². The minimum absolute atomic E-state index is 0.0360. The molecule has 1 fully saturated rings. The van der Waals surface area contributed by atoms with Crippen LogP contribution in [0, 0.1) is 11.6 Å². The summed E-state index contributed by atoms with van der Waals surface area (Å²) < 4.78 is 32.4. The lowest BCUT2D eigenvalue weighted by atomic mass is 10.1. The van der Waals surface area contributed by atoms with Crippen molar-refractivity contribution >= 4 is 6.03 Å². The molecule has 0 aliphatic carbocycles. The summed E-state index contributed by atoms with van der Waals surface area (Å²) in [5.41, 5.74) is 1.20. The summed E-state index contributed by atoms with van der Waals surface area (Å²) in [6, 6.07) is 12.5. The zero-order chi connectivity index (χ0) is 20.2. The van der Waals surface area contributed by atoms with Gasteiger partial charge in [-0.05, 0) is 37.0 Å². The molecule has 8 heteroatoms. The lowest BCUT2D eigenvalue weighted by Gasteiger charge is -2.22. The second-order valence-corrected chi connectivity index (χ2v) is 6.90. The molecule has 0 radical (unpaired) electrons. The molecule has 29 heavy (non-hydrogen) atoms. The monoisotopic (exact) mass is 398 g/mol. The van der Waals surface area contributed by atoms with Crippen LogP contribution in [0.3, 0.4) is 0 Å². The predicted molar refractivity (Wildman–Crippen MR) is 102 cm³/mol. The van der Waals surface area contributed by atoms with Crippen LogP contribution in [0.15, 0.2) is 53.1 Å². The number of urea groups is 1. The van der Waals surface area contributed by atoms with Gasteiger partial charge in [0.25, 0.3) is 0 Å². The topological polar surface area (TPSA) is 71.3 Å². The first-order valence-electron chi connectivity index (χ1n) is 9.49. The molecule has 1 atom stereocenters. The third-order valence-electron chi connectivity index (χ3n) is 4.95. The fraction of sp³-hybridized carbons (Fsp3) is 0.286. The van der Waals surface area contributed by atoms with Gasteiger partial charge in [0.15, 0.2) is 0 Å². The van der Waals surface area contributed by atoms with Gasteiger partial charge in [0.1, 0.15) is 17.7 Å². The number of carbonyl (C=O) groups excluding carboxylic acids is 1. The van der Waals surface area contributed by atoms with E-state index in [9.17, 15) is 13.6 Å². The Hall–Kier alpha value is -3.29. The molecule has 150 valence electrons. The van der Waals surface area contributed by atoms with Crippen LogP contribution in [-0.2, 0) is 6.42 Å². The minimum Gasteiger partial charge on any atom is -0.338 e. The lowest BCUT2D eigenvalue weighted by molar-refractivity contribution is 0.180. The molecule has 1 aliphatic heterocycles. The highest BCUT2D eigenvalue weighted by atomic mass is 19.1. The number of rotatable bonds is 5. The number of halogens is 2. The standard InChI is InChI=1S/C21H20F2N4O2/c22-15-8-9-16(17(23)13-15)19-25-20(29-26-19)18-7-4-12-27(18)21(28)24-11-10-14-5-2-1-3-6-14/h1-3,5-6,8-9,13,18H,4,7,10-12H2,(H,24,28)/t18-/m1/s1. The van der Waals surface area contributed by atoms with Crippen molar-refractivity contribution < 1.29 is 18.1 Å². The molecule has 2 heterocycles. The van der Waals surface area contributed by atoms with E-state index in [1.54, 1.807) is 4.90 Å². The number of hydrogen-bond acceptors (Lipinski definition) is 4. The third kappa shape index (κ3) is 4.26. The van der Waals surface area contributed by atoms with Crippen LogP contribution in [0.2, 0.25) is 0 Å². The lowest BCUT2D eigenvalue weighted by Crippen LogP contribution is -2.40. The van der Waals surface area contributed by atoms with Crippen LogP contribution >= 0.6 is 0 Å². The second-order valence-electron chi connectivity index (χ2n) is 6.90. The summed E-state index contributed by atoms with van der Waals surface area (Å²) in [5, 5.41) is 6.73. The Morgan fingerprint density at radius 1 is 1.21 bits per heavy atom. The average molecular weight is 398 g/mol. The first-order valence-corrected chi connectivity index (χ1v) is 9.49. The van der Waals surface area contributed by atoms with Crippen molar-refractivity contribution in [1.82, 2.24) is 20.4 Å². The Morgan fingerprint density at radius 3 is 2.83 bits per heavy atom. The van der Waals surface area contributed by atoms with Gasteiger partial charge in [-0.25, -0.2) is 13.6 Å². The Kier molecular flexibility index (Phi) is 5.50. The number of nitrogens with one attached hydrogen (secondary N) is 1. The van der Waals surface area contributed by atoms with Crippen molar-refractivity contribution in [1.29, 1.82) is 0 Å². The number of carbonyl (C=O) groups is 1. The van der Waals surface area contributed by atoms with E-state index in [1.807, 2.05) is 30.3 Å². The highest BCUT2D eigenvalue weighted by molar-refractivity contribution is 5.75. The Balaban J connectivity index is 1.41. The fourth-order valence-corrected chi connectivity index (χ4v) is 3.48. The van der Waals surface area contributed by atoms with E-state index in [4.69, 9.17) is 4.52 Å². The van der Waals surface area contributed by atoms with Crippen LogP contribution < -0.4 is 5.32 Å². The Morgan fingerprint density at radius 2 is 2.03 bits per heavy atom. The van der Waals surface area contributed by atoms with Crippen molar-refractivity contribution in [3.63, 3.8) is 0 Å². The molecule has 6 nitrogen and oxygen atoms in total. The van der Waals surface area contributed by atoms with Gasteiger partial charge in [0.05, 0.1) is 5.56 Å². The van der Waals surface area contributed by atoms with Gasteiger partial charge < -0.3 is 14.7 Å². The molecular formula is C21H20F2N4O2. The van der Waals surface area contributed by atoms with E-state index in [0.717, 1.165) is 30.5 Å². The van der Waals surface area contributed by atoms with Gasteiger partial charge in [-0.2, -0.15) is 4.98 Å². The molecule has 0 bridgehead atoms. The molecule has 0 unspecified atom stereocenters. The molecular weight excluding hydrogens is 378 g/mol. The van der Waals surface area contributed by atoms with Crippen LogP contribution in [0.4, 0.5) is 13.6 Å². The molecule has 1 saturated heterocycles. The zero-order valence-electron chi connectivity index (χ0n) is 15.6. The summed E-state index contributed by atoms with van der Waals surface area (Å²) in [6.45, 7) is 1.09. The summed E-state index contributed by atoms with van der Waals surface area (Å²) in [6.07, 6.45) is 2.22. The Bertz CT molecular complexity index is 993. The molecule has 1 aliphatic rings. The van der Waals surface area contributed by atoms with Gasteiger partial charge in [-0.3, -0.25) is 0 Å². The second kappa shape index (κ2) is 8.38. The summed E-state index contributed by atoms with van der Waals surface area (Å²) in [7, 11) is 0. The summed E-state index contributed by atoms with van der Waals surface area (Å²) in [4.78, 5) is 18.5. The number of hydrogen-bond donors (Lipinski definition) is 1. The van der Waals surface area contributed by atoms with E-state index < -0.39 is 11.6 Å². The molecule has 1 N–H and O–H groups in total. The number of likely N-dealkylation sites (tertiary alicyclic amines) is 1. The highest BCUT2D eigenvalue weighted by Crippen LogP contribution is 2.32. The predicted octanol–water partition coefficient (Wildman–Crippen LogP) is 4.10. The first-order chi connectivity index (χ1) is 14.1. The largest absolute Gasteiger partial charge is 0.338 e. The molecule has 2 aromatic carbocycles. The first kappa shape index (κ1) is 19.0. The Labute approximate surface area is 166 Å². The van der Waals surface area contributed by atoms with Gasteiger partial charge in [0.2, 0.25) is 11.7 Å². The van der Waals surface area contributed by atoms with Crippen molar-refractivity contribution in [2.24, 2.45) is 0 Å². The number of nitrogens with zero attached hydrogens (tertiary/aromatic N) is 3. The summed E-state index contributed by atoms with van der Waals surface area (Å²) >= 11 is 0. The van der Waals surface area contributed by atoms with E-state index in [2.05, 4.69) is 15.5 Å². The van der Waals surface area contributed by atoms with Crippen molar-refractivity contribution in [3.05, 3.63) is 71.6 Å². The van der Waals surface area contributed by atoms with Crippen molar-refractivity contribution in [2.45, 2.75) is 25.3 Å². The quantitative estimate of drug-likeness (QED) is 0.702. The molecule has 1 aromatic heterocycles. The minimum atomic E-state index is -0.765. The third-order valence-corrected chi connectivity index (χ3v) is 4.95. The SMILES string of the molecule is O=C(NCCc1ccccc1)N1CCC[C@@H]1c1nc(-c2ccc(F)cc2F)no1. The van der Waals surface area contributed by atoms with Gasteiger partial charge in [-0.15, -0.1) is 0 Å². The van der Waals surface area contributed by atoms with Crippen LogP contribution in [0.25, 0.3) is 11.4 Å². The normalized spacial score (nSPS) is 16.2. The smallest absolute Gasteiger partial charge is 0.318 e. The molecule has 4 rings (SSSR count). The summed E-state index contributed by atoms with van der Waals surface area (Å²) in [5.74, 6) is -1.16. The number of aromatic nitrogens is 2. The maximum absolute atomic E-state index is 14.0. The zero-order valence-corrected chi connectivity index (χ0v) is 15.6. The van der Waals surface area contributed by atoms with E-state index in [1.165, 1.54) is 6.07 Å². The fourth-order valence-electron chi connectivity index (χ4n) is 3.48. The molecule has 0 saturated carbocycles. The van der Waals surface area contributed by atoms with Crippen LogP contribution in [0.5, 0.6) is 0 Å². The van der Waals surface area contributed by atoms with Gasteiger partial charge >= 0.3 is 6.03 Å². The maximum atomic E-state index is 14.0. The van der Waals surface area contributed by atoms with Gasteiger partial charge in [-0.1, -0.05) is 35.5 Å². The van der Waals surface area contributed by atoms with E-state index >= 15 is 0 Å². The van der Waals surface area contributed by atoms with E-state index in [0.29, 0.717) is 19.5 Å². The van der Waals surface area contributed by atoms with Crippen molar-refractivity contribution in [2.75, 3.05) is 13.1 Å². The molecule has 0 spiro atoms. The van der Waals surface area contributed by atoms with E-state index in [-0.39, 0.29) is 29.4 Å². The average Bonchev–Trinajstić information content (AvgIpc) is 3.38. The number of benzene rings is 2. The van der Waals surface area contributed by atoms with Crippen molar-refractivity contribution in [3.8, 4) is 11.4 Å². The highest BCUT2D eigenvalue weighted by Gasteiger charge is 2.34. The van der Waals surface area contributed by atoms with Gasteiger partial charge in [0, 0.05) is 19.2 Å². The molecule has 3 aromatic rings. The van der Waals surface area contributed by atoms with Crippen LogP contribution in [0.1, 0.15) is 30.3 Å². The maximum Gasteiger partial charge on any atom is 0.318 e.